The molecule has 21 heavy (non-hydrogen) atoms. The molecule has 114 valence electrons. The summed E-state index contributed by atoms with van der Waals surface area (Å²) in [4.78, 5) is 22.6. The van der Waals surface area contributed by atoms with Gasteiger partial charge in [0.1, 0.15) is 5.82 Å². The number of amides is 1. The zero-order valence-corrected chi connectivity index (χ0v) is 12.6. The Bertz CT molecular complexity index is 610. The molecule has 2 aromatic rings. The molecule has 8 heteroatoms. The minimum atomic E-state index is -0.0281. The molecule has 2 heterocycles. The summed E-state index contributed by atoms with van der Waals surface area (Å²) in [5.41, 5.74) is 0.658. The Morgan fingerprint density at radius 2 is 2.10 bits per heavy atom. The van der Waals surface area contributed by atoms with E-state index in [1.165, 1.54) is 0 Å². The Morgan fingerprint density at radius 1 is 1.29 bits per heavy atom. The van der Waals surface area contributed by atoms with E-state index in [2.05, 4.69) is 30.8 Å². The summed E-state index contributed by atoms with van der Waals surface area (Å²) in [7, 11) is 0. The fourth-order valence-electron chi connectivity index (χ4n) is 2.06. The normalized spacial score (nSPS) is 10.6. The van der Waals surface area contributed by atoms with Crippen molar-refractivity contribution < 1.29 is 4.79 Å². The number of carbonyl (C=O) groups excluding carboxylic acids is 1. The molecule has 0 aliphatic heterocycles. The van der Waals surface area contributed by atoms with Crippen LogP contribution in [-0.2, 0) is 4.79 Å². The maximum absolute atomic E-state index is 11.8. The van der Waals surface area contributed by atoms with Gasteiger partial charge in [-0.2, -0.15) is 15.1 Å². The lowest BCUT2D eigenvalue weighted by Gasteiger charge is -2.22. The lowest BCUT2D eigenvalue weighted by atomic mass is 10.3. The summed E-state index contributed by atoms with van der Waals surface area (Å²) in [6.45, 7) is 8.13. The van der Waals surface area contributed by atoms with Crippen molar-refractivity contribution in [2.45, 2.75) is 20.8 Å². The number of rotatable bonds is 7. The molecule has 0 radical (unpaired) electrons. The average molecular weight is 291 g/mol. The monoisotopic (exact) mass is 291 g/mol. The molecule has 1 amide bonds. The molecule has 0 aliphatic carbocycles. The van der Waals surface area contributed by atoms with Crippen LogP contribution >= 0.6 is 0 Å². The molecule has 0 spiro atoms. The summed E-state index contributed by atoms with van der Waals surface area (Å²) in [6, 6.07) is 0. The number of anilines is 2. The van der Waals surface area contributed by atoms with Gasteiger partial charge in [0.05, 0.1) is 18.1 Å². The molecule has 0 aliphatic rings. The minimum Gasteiger partial charge on any atom is -0.355 e. The maximum atomic E-state index is 11.8. The van der Waals surface area contributed by atoms with Crippen LogP contribution < -0.4 is 15.5 Å². The van der Waals surface area contributed by atoms with E-state index in [4.69, 9.17) is 0 Å². The number of carbonyl (C=O) groups is 1. The highest BCUT2D eigenvalue weighted by molar-refractivity contribution is 5.90. The van der Waals surface area contributed by atoms with E-state index in [0.717, 1.165) is 11.9 Å². The van der Waals surface area contributed by atoms with Crippen LogP contribution in [-0.4, -0.2) is 52.3 Å². The summed E-state index contributed by atoms with van der Waals surface area (Å²) in [5, 5.41) is 13.6. The van der Waals surface area contributed by atoms with E-state index in [9.17, 15) is 4.79 Å². The Hall–Kier alpha value is -2.38. The molecule has 0 saturated carbocycles. The predicted octanol–water partition coefficient (Wildman–Crippen LogP) is 0.747. The number of hydrogen-bond acceptors (Lipinski definition) is 6. The van der Waals surface area contributed by atoms with Gasteiger partial charge in [-0.25, -0.2) is 0 Å². The first kappa shape index (κ1) is 15.0. The van der Waals surface area contributed by atoms with Gasteiger partial charge in [-0.05, 0) is 20.8 Å². The topological polar surface area (TPSA) is 98.8 Å². The number of likely N-dealkylation sites (N-methyl/N-ethyl adjacent to an activating group) is 2. The first-order valence-electron chi connectivity index (χ1n) is 7.16. The highest BCUT2D eigenvalue weighted by Crippen LogP contribution is 2.23. The Morgan fingerprint density at radius 3 is 2.76 bits per heavy atom. The lowest BCUT2D eigenvalue weighted by molar-refractivity contribution is -0.119. The zero-order chi connectivity index (χ0) is 15.2. The van der Waals surface area contributed by atoms with Gasteiger partial charge in [-0.3, -0.25) is 9.89 Å². The molecule has 3 N–H and O–H groups in total. The first-order valence-corrected chi connectivity index (χ1v) is 7.16. The van der Waals surface area contributed by atoms with Crippen molar-refractivity contribution in [1.29, 1.82) is 0 Å². The van der Waals surface area contributed by atoms with Crippen LogP contribution in [0.1, 0.15) is 20.8 Å². The van der Waals surface area contributed by atoms with Crippen LogP contribution in [0.4, 0.5) is 11.8 Å². The molecule has 2 aromatic heterocycles. The van der Waals surface area contributed by atoms with Crippen molar-refractivity contribution in [3.63, 3.8) is 0 Å². The Kier molecular flexibility index (Phi) is 4.91. The van der Waals surface area contributed by atoms with Gasteiger partial charge < -0.3 is 15.5 Å². The third kappa shape index (κ3) is 3.39. The molecule has 0 fully saturated rings. The summed E-state index contributed by atoms with van der Waals surface area (Å²) < 4.78 is 0. The van der Waals surface area contributed by atoms with E-state index in [-0.39, 0.29) is 12.5 Å². The highest BCUT2D eigenvalue weighted by Gasteiger charge is 2.17. The SMILES string of the molecule is CCNC(=O)CN(CC)c1nc(NCC)nc2[nH]ncc12. The molecule has 2 rings (SSSR count). The maximum Gasteiger partial charge on any atom is 0.239 e. The summed E-state index contributed by atoms with van der Waals surface area (Å²) in [6.07, 6.45) is 1.68. The molecule has 0 saturated heterocycles. The fraction of sp³-hybridized carbons (Fsp3) is 0.538. The van der Waals surface area contributed by atoms with Gasteiger partial charge in [-0.15, -0.1) is 0 Å². The van der Waals surface area contributed by atoms with Gasteiger partial charge >= 0.3 is 0 Å². The zero-order valence-electron chi connectivity index (χ0n) is 12.6. The predicted molar refractivity (Wildman–Crippen MR) is 82.4 cm³/mol. The van der Waals surface area contributed by atoms with Crippen LogP contribution in [0, 0.1) is 0 Å². The van der Waals surface area contributed by atoms with E-state index >= 15 is 0 Å². The van der Waals surface area contributed by atoms with Crippen molar-refractivity contribution in [3.8, 4) is 0 Å². The second-order valence-corrected chi connectivity index (χ2v) is 4.50. The van der Waals surface area contributed by atoms with Gasteiger partial charge in [0.2, 0.25) is 11.9 Å². The lowest BCUT2D eigenvalue weighted by Crippen LogP contribution is -2.37. The molecule has 8 nitrogen and oxygen atoms in total. The molecule has 0 atom stereocenters. The smallest absolute Gasteiger partial charge is 0.239 e. The van der Waals surface area contributed by atoms with Gasteiger partial charge in [0.15, 0.2) is 5.65 Å². The van der Waals surface area contributed by atoms with Gasteiger partial charge in [0, 0.05) is 19.6 Å². The van der Waals surface area contributed by atoms with Crippen LogP contribution in [0.25, 0.3) is 11.0 Å². The molecule has 0 unspecified atom stereocenters. The minimum absolute atomic E-state index is 0.0281. The van der Waals surface area contributed by atoms with Crippen molar-refractivity contribution in [2.75, 3.05) is 36.4 Å². The summed E-state index contributed by atoms with van der Waals surface area (Å²) >= 11 is 0. The number of fused-ring (bicyclic) bond motifs is 1. The van der Waals surface area contributed by atoms with Crippen molar-refractivity contribution in [1.82, 2.24) is 25.5 Å². The van der Waals surface area contributed by atoms with Gasteiger partial charge in [0.25, 0.3) is 0 Å². The van der Waals surface area contributed by atoms with Crippen LogP contribution in [0.15, 0.2) is 6.20 Å². The number of nitrogens with one attached hydrogen (secondary N) is 3. The van der Waals surface area contributed by atoms with Crippen molar-refractivity contribution >= 4 is 28.7 Å². The standard InChI is InChI=1S/C13H21N7O/c1-4-14-10(21)8-20(6-3)12-9-7-16-19-11(9)17-13(18-12)15-5-2/h7H,4-6,8H2,1-3H3,(H,14,21)(H2,15,16,17,18,19). The van der Waals surface area contributed by atoms with Crippen molar-refractivity contribution in [3.05, 3.63) is 6.20 Å². The number of aromatic amines is 1. The second kappa shape index (κ2) is 6.87. The Labute approximate surface area is 123 Å². The van der Waals surface area contributed by atoms with E-state index < -0.39 is 0 Å². The molecule has 0 bridgehead atoms. The second-order valence-electron chi connectivity index (χ2n) is 4.50. The third-order valence-corrected chi connectivity index (χ3v) is 3.01. The van der Waals surface area contributed by atoms with E-state index in [0.29, 0.717) is 30.5 Å². The average Bonchev–Trinajstić information content (AvgIpc) is 2.93. The molecule has 0 aromatic carbocycles. The van der Waals surface area contributed by atoms with Crippen LogP contribution in [0.5, 0.6) is 0 Å². The van der Waals surface area contributed by atoms with Crippen molar-refractivity contribution in [2.24, 2.45) is 0 Å². The van der Waals surface area contributed by atoms with Crippen LogP contribution in [0.3, 0.4) is 0 Å². The number of nitrogens with zero attached hydrogens (tertiary/aromatic N) is 4. The number of hydrogen-bond donors (Lipinski definition) is 3. The van der Waals surface area contributed by atoms with E-state index in [1.807, 2.05) is 25.7 Å². The van der Waals surface area contributed by atoms with E-state index in [1.54, 1.807) is 6.20 Å². The quantitative estimate of drug-likeness (QED) is 0.696. The third-order valence-electron chi connectivity index (χ3n) is 3.01. The largest absolute Gasteiger partial charge is 0.355 e. The van der Waals surface area contributed by atoms with Crippen LogP contribution in [0.2, 0.25) is 0 Å². The fourth-order valence-corrected chi connectivity index (χ4v) is 2.06. The first-order chi connectivity index (χ1) is 10.2. The summed E-state index contributed by atoms with van der Waals surface area (Å²) in [5.74, 6) is 1.21. The molecular formula is C13H21N7O. The Balaban J connectivity index is 2.36. The van der Waals surface area contributed by atoms with Gasteiger partial charge in [-0.1, -0.05) is 0 Å². The number of H-pyrrole nitrogens is 1. The highest BCUT2D eigenvalue weighted by atomic mass is 16.2. The number of aromatic nitrogens is 4. The molecular weight excluding hydrogens is 270 g/mol.